The van der Waals surface area contributed by atoms with Crippen molar-refractivity contribution in [2.24, 2.45) is 0 Å². The summed E-state index contributed by atoms with van der Waals surface area (Å²) in [5.41, 5.74) is 2.70. The van der Waals surface area contributed by atoms with Gasteiger partial charge in [0.15, 0.2) is 17.7 Å². The molecule has 0 amide bonds. The Hall–Kier alpha value is -2.34. The van der Waals surface area contributed by atoms with Gasteiger partial charge in [0.05, 0.1) is 11.6 Å². The lowest BCUT2D eigenvalue weighted by molar-refractivity contribution is -0.0884. The van der Waals surface area contributed by atoms with Gasteiger partial charge in [-0.15, -0.1) is 0 Å². The number of aromatic nitrogens is 4. The monoisotopic (exact) mass is 393 g/mol. The average molecular weight is 394 g/mol. The minimum atomic E-state index is -1.36. The van der Waals surface area contributed by atoms with E-state index in [1.54, 1.807) is 24.3 Å². The first-order valence-corrected chi connectivity index (χ1v) is 8.42. The van der Waals surface area contributed by atoms with E-state index in [0.717, 1.165) is 0 Å². The van der Waals surface area contributed by atoms with E-state index in [0.29, 0.717) is 16.0 Å². The topological polar surface area (TPSA) is 146 Å². The van der Waals surface area contributed by atoms with Crippen molar-refractivity contribution < 1.29 is 25.3 Å². The smallest absolute Gasteiger partial charge is 0.181 e. The number of ether oxygens (including phenoxy) is 1. The van der Waals surface area contributed by atoms with E-state index in [1.807, 2.05) is 5.48 Å². The van der Waals surface area contributed by atoms with Gasteiger partial charge in [-0.25, -0.2) is 14.6 Å². The number of fused-ring (bicyclic) bond motifs is 1. The molecule has 0 spiro atoms. The van der Waals surface area contributed by atoms with Gasteiger partial charge in [0, 0.05) is 5.02 Å². The van der Waals surface area contributed by atoms with Crippen molar-refractivity contribution in [3.63, 3.8) is 0 Å². The number of nitrogens with one attached hydrogen (secondary N) is 1. The molecule has 4 rings (SSSR count). The Morgan fingerprint density at radius 2 is 1.89 bits per heavy atom. The van der Waals surface area contributed by atoms with Gasteiger partial charge in [-0.05, 0) is 17.7 Å². The lowest BCUT2D eigenvalue weighted by Crippen LogP contribution is -2.35. The predicted molar refractivity (Wildman–Crippen MR) is 93.1 cm³/mol. The fourth-order valence-electron chi connectivity index (χ4n) is 3.14. The summed E-state index contributed by atoms with van der Waals surface area (Å²) >= 11 is 5.85. The molecular formula is C16H16ClN5O5. The Bertz CT molecular complexity index is 952. The molecule has 27 heavy (non-hydrogen) atoms. The van der Waals surface area contributed by atoms with Crippen molar-refractivity contribution in [3.05, 3.63) is 47.4 Å². The van der Waals surface area contributed by atoms with Crippen LogP contribution in [0.2, 0.25) is 5.02 Å². The van der Waals surface area contributed by atoms with Crippen LogP contribution in [0.4, 0.5) is 5.82 Å². The maximum Gasteiger partial charge on any atom is 0.181 e. The van der Waals surface area contributed by atoms with Gasteiger partial charge in [0.25, 0.3) is 0 Å². The SMILES string of the molecule is ONc1ncnc2c1cnn2[C@@H]1O[C@H](C(O)c2ccc(Cl)cc2)[C@@H](O)[C@H]1O. The summed E-state index contributed by atoms with van der Waals surface area (Å²) in [5.74, 6) is 0.136. The highest BCUT2D eigenvalue weighted by atomic mass is 35.5. The summed E-state index contributed by atoms with van der Waals surface area (Å²) in [4.78, 5) is 7.94. The lowest BCUT2D eigenvalue weighted by Gasteiger charge is -2.21. The molecule has 5 atom stereocenters. The second-order valence-corrected chi connectivity index (χ2v) is 6.57. The number of benzene rings is 1. The van der Waals surface area contributed by atoms with E-state index < -0.39 is 30.6 Å². The number of rotatable bonds is 4. The Kier molecular flexibility index (Phi) is 4.68. The Labute approximate surface area is 157 Å². The molecule has 0 bridgehead atoms. The van der Waals surface area contributed by atoms with Crippen molar-refractivity contribution in [1.29, 1.82) is 0 Å². The summed E-state index contributed by atoms with van der Waals surface area (Å²) in [5, 5.41) is 45.6. The van der Waals surface area contributed by atoms with Crippen LogP contribution in [0.3, 0.4) is 0 Å². The van der Waals surface area contributed by atoms with Crippen LogP contribution in [0.25, 0.3) is 11.0 Å². The number of hydrogen-bond acceptors (Lipinski definition) is 9. The van der Waals surface area contributed by atoms with Crippen molar-refractivity contribution in [1.82, 2.24) is 19.7 Å². The Morgan fingerprint density at radius 3 is 2.59 bits per heavy atom. The zero-order valence-corrected chi connectivity index (χ0v) is 14.5. The first-order chi connectivity index (χ1) is 13.0. The van der Waals surface area contributed by atoms with E-state index >= 15 is 0 Å². The van der Waals surface area contributed by atoms with Crippen LogP contribution in [0.5, 0.6) is 0 Å². The largest absolute Gasteiger partial charge is 0.387 e. The van der Waals surface area contributed by atoms with E-state index in [4.69, 9.17) is 21.5 Å². The molecular weight excluding hydrogens is 378 g/mol. The van der Waals surface area contributed by atoms with Gasteiger partial charge < -0.3 is 20.1 Å². The van der Waals surface area contributed by atoms with Crippen LogP contribution in [0, 0.1) is 0 Å². The number of aliphatic hydroxyl groups is 3. The molecule has 1 aromatic carbocycles. The summed E-state index contributed by atoms with van der Waals surface area (Å²) in [6, 6.07) is 6.43. The zero-order chi connectivity index (χ0) is 19.1. The van der Waals surface area contributed by atoms with Crippen molar-refractivity contribution in [2.75, 3.05) is 5.48 Å². The average Bonchev–Trinajstić information content (AvgIpc) is 3.23. The molecule has 5 N–H and O–H groups in total. The molecule has 0 radical (unpaired) electrons. The third-order valence-corrected chi connectivity index (χ3v) is 4.79. The molecule has 0 saturated carbocycles. The number of hydrogen-bond donors (Lipinski definition) is 5. The van der Waals surface area contributed by atoms with Gasteiger partial charge in [0.1, 0.15) is 30.7 Å². The second kappa shape index (κ2) is 7.00. The van der Waals surface area contributed by atoms with Crippen molar-refractivity contribution in [2.45, 2.75) is 30.6 Å². The minimum Gasteiger partial charge on any atom is -0.387 e. The molecule has 1 fully saturated rings. The molecule has 1 aliphatic rings. The first kappa shape index (κ1) is 18.0. The molecule has 0 aliphatic carbocycles. The Morgan fingerprint density at radius 1 is 1.15 bits per heavy atom. The molecule has 1 unspecified atom stereocenters. The van der Waals surface area contributed by atoms with E-state index in [-0.39, 0.29) is 11.5 Å². The maximum absolute atomic E-state index is 10.6. The summed E-state index contributed by atoms with van der Waals surface area (Å²) in [6.07, 6.45) is -3.51. The van der Waals surface area contributed by atoms with Gasteiger partial charge in [-0.3, -0.25) is 10.7 Å². The highest BCUT2D eigenvalue weighted by molar-refractivity contribution is 6.30. The fraction of sp³-hybridized carbons (Fsp3) is 0.312. The number of nitrogens with zero attached hydrogens (tertiary/aromatic N) is 4. The van der Waals surface area contributed by atoms with Gasteiger partial charge in [-0.2, -0.15) is 5.10 Å². The molecule has 3 aromatic rings. The first-order valence-electron chi connectivity index (χ1n) is 8.04. The zero-order valence-electron chi connectivity index (χ0n) is 13.7. The molecule has 10 nitrogen and oxygen atoms in total. The van der Waals surface area contributed by atoms with E-state index in [1.165, 1.54) is 17.2 Å². The number of aliphatic hydroxyl groups excluding tert-OH is 3. The van der Waals surface area contributed by atoms with Crippen LogP contribution in [-0.4, -0.2) is 58.6 Å². The molecule has 2 aromatic heterocycles. The normalized spacial score (nSPS) is 26.4. The van der Waals surface area contributed by atoms with Crippen molar-refractivity contribution >= 4 is 28.5 Å². The third kappa shape index (κ3) is 3.02. The summed E-state index contributed by atoms with van der Waals surface area (Å²) < 4.78 is 7.00. The second-order valence-electron chi connectivity index (χ2n) is 6.13. The quantitative estimate of drug-likeness (QED) is 0.403. The molecule has 142 valence electrons. The molecule has 1 aliphatic heterocycles. The molecule has 3 heterocycles. The fourth-order valence-corrected chi connectivity index (χ4v) is 3.26. The lowest BCUT2D eigenvalue weighted by atomic mass is 9.99. The van der Waals surface area contributed by atoms with E-state index in [2.05, 4.69) is 15.1 Å². The van der Waals surface area contributed by atoms with Crippen LogP contribution in [0.1, 0.15) is 17.9 Å². The van der Waals surface area contributed by atoms with Crippen molar-refractivity contribution in [3.8, 4) is 0 Å². The summed E-state index contributed by atoms with van der Waals surface area (Å²) in [7, 11) is 0. The van der Waals surface area contributed by atoms with Gasteiger partial charge in [0.2, 0.25) is 0 Å². The predicted octanol–water partition coefficient (Wildman–Crippen LogP) is 0.634. The van der Waals surface area contributed by atoms with Crippen LogP contribution >= 0.6 is 11.6 Å². The highest BCUT2D eigenvalue weighted by Crippen LogP contribution is 2.37. The number of halogens is 1. The molecule has 1 saturated heterocycles. The van der Waals surface area contributed by atoms with Crippen LogP contribution in [0.15, 0.2) is 36.8 Å². The summed E-state index contributed by atoms with van der Waals surface area (Å²) in [6.45, 7) is 0. The minimum absolute atomic E-state index is 0.136. The van der Waals surface area contributed by atoms with Gasteiger partial charge in [-0.1, -0.05) is 23.7 Å². The highest BCUT2D eigenvalue weighted by Gasteiger charge is 2.48. The molecule has 11 heteroatoms. The Balaban J connectivity index is 1.65. The maximum atomic E-state index is 10.6. The van der Waals surface area contributed by atoms with Gasteiger partial charge >= 0.3 is 0 Å². The van der Waals surface area contributed by atoms with E-state index in [9.17, 15) is 15.3 Å². The third-order valence-electron chi connectivity index (χ3n) is 4.54. The van der Waals surface area contributed by atoms with Crippen LogP contribution < -0.4 is 5.48 Å². The number of anilines is 1. The standard InChI is InChI=1S/C16H16ClN5O5/c17-8-3-1-7(2-4-8)10(23)13-11(24)12(25)16(27-13)22-15-9(5-20-22)14(21-26)18-6-19-15/h1-6,10-13,16,23-26H,(H,18,19,21)/t10?,11-,12+,13+,16+/m0/s1. The van der Waals surface area contributed by atoms with Crippen LogP contribution in [-0.2, 0) is 4.74 Å².